The van der Waals surface area contributed by atoms with Crippen molar-refractivity contribution in [2.75, 3.05) is 18.2 Å². The fourth-order valence-corrected chi connectivity index (χ4v) is 2.94. The van der Waals surface area contributed by atoms with E-state index in [2.05, 4.69) is 5.43 Å². The highest BCUT2D eigenvalue weighted by molar-refractivity contribution is 7.98. The second-order valence-corrected chi connectivity index (χ2v) is 6.21. The molecule has 23 heavy (non-hydrogen) atoms. The summed E-state index contributed by atoms with van der Waals surface area (Å²) in [5, 5.41) is 1.38. The molecule has 1 aliphatic rings. The van der Waals surface area contributed by atoms with Gasteiger partial charge in [-0.1, -0.05) is 0 Å². The van der Waals surface area contributed by atoms with Gasteiger partial charge in [0.25, 0.3) is 11.5 Å². The third kappa shape index (κ3) is 2.96. The van der Waals surface area contributed by atoms with Crippen molar-refractivity contribution in [3.63, 3.8) is 0 Å². The van der Waals surface area contributed by atoms with Crippen LogP contribution >= 0.6 is 11.8 Å². The monoisotopic (exact) mass is 333 g/mol. The molecule has 1 amide bonds. The van der Waals surface area contributed by atoms with E-state index in [1.54, 1.807) is 19.2 Å². The second-order valence-electron chi connectivity index (χ2n) is 5.33. The van der Waals surface area contributed by atoms with Gasteiger partial charge < -0.3 is 4.57 Å². The van der Waals surface area contributed by atoms with Crippen LogP contribution in [-0.4, -0.2) is 28.3 Å². The van der Waals surface area contributed by atoms with Gasteiger partial charge in [-0.3, -0.25) is 20.0 Å². The lowest BCUT2D eigenvalue weighted by Gasteiger charge is -2.29. The van der Waals surface area contributed by atoms with Crippen molar-refractivity contribution in [2.45, 2.75) is 11.3 Å². The summed E-state index contributed by atoms with van der Waals surface area (Å²) in [6, 6.07) is 6.32. The maximum atomic E-state index is 14.1. The number of halogens is 1. The number of carbonyl (C=O) groups is 1. The summed E-state index contributed by atoms with van der Waals surface area (Å²) in [5.41, 5.74) is 4.15. The average molecular weight is 333 g/mol. The molecule has 1 aliphatic heterocycles. The Bertz CT molecular complexity index is 835. The fraction of sp³-hybridized carbons (Fsp3) is 0.250. The number of rotatable bonds is 3. The maximum absolute atomic E-state index is 14.1. The highest BCUT2D eigenvalue weighted by Gasteiger charge is 2.26. The summed E-state index contributed by atoms with van der Waals surface area (Å²) in [4.78, 5) is 25.0. The molecular weight excluding hydrogens is 317 g/mol. The molecule has 5 nitrogen and oxygen atoms in total. The van der Waals surface area contributed by atoms with Crippen LogP contribution in [0.2, 0.25) is 0 Å². The number of fused-ring (bicyclic) bond motifs is 1. The van der Waals surface area contributed by atoms with Crippen molar-refractivity contribution < 1.29 is 9.18 Å². The number of aryl methyl sites for hydroxylation is 1. The number of nitrogens with one attached hydrogen (secondary N) is 1. The molecule has 0 aliphatic carbocycles. The molecule has 120 valence electrons. The van der Waals surface area contributed by atoms with Gasteiger partial charge >= 0.3 is 0 Å². The number of hydrogen-bond acceptors (Lipinski definition) is 4. The van der Waals surface area contributed by atoms with Crippen LogP contribution in [0.4, 0.5) is 10.1 Å². The Labute approximate surface area is 137 Å². The van der Waals surface area contributed by atoms with Gasteiger partial charge in [0.05, 0.1) is 11.3 Å². The molecule has 1 N–H and O–H groups in total. The molecule has 0 bridgehead atoms. The summed E-state index contributed by atoms with van der Waals surface area (Å²) >= 11 is 1.45. The van der Waals surface area contributed by atoms with Crippen LogP contribution < -0.4 is 11.0 Å². The quantitative estimate of drug-likeness (QED) is 0.876. The number of thioether (sulfide) groups is 1. The zero-order valence-corrected chi connectivity index (χ0v) is 13.6. The standard InChI is InChI=1S/C16H16FN3O2S/c1-19-9-12-10(7-15(19)21)5-6-20(16(12)22)18-14-4-3-11(23-2)8-13(14)17/h3-4,7-9,18H,5-6H2,1-2H3. The lowest BCUT2D eigenvalue weighted by Crippen LogP contribution is -2.42. The molecule has 0 unspecified atom stereocenters. The van der Waals surface area contributed by atoms with E-state index >= 15 is 0 Å². The first-order chi connectivity index (χ1) is 11.0. The smallest absolute Gasteiger partial charge is 0.273 e. The Morgan fingerprint density at radius 2 is 2.04 bits per heavy atom. The van der Waals surface area contributed by atoms with Gasteiger partial charge in [-0.2, -0.15) is 0 Å². The third-order valence-corrected chi connectivity index (χ3v) is 4.55. The van der Waals surface area contributed by atoms with Gasteiger partial charge in [0, 0.05) is 30.8 Å². The van der Waals surface area contributed by atoms with Crippen molar-refractivity contribution in [1.82, 2.24) is 9.58 Å². The first-order valence-electron chi connectivity index (χ1n) is 7.11. The van der Waals surface area contributed by atoms with Crippen LogP contribution in [-0.2, 0) is 13.5 Å². The molecule has 0 fully saturated rings. The molecule has 0 radical (unpaired) electrons. The number of benzene rings is 1. The molecule has 2 heterocycles. The lowest BCUT2D eigenvalue weighted by atomic mass is 10.0. The number of hydrazine groups is 1. The molecule has 7 heteroatoms. The summed E-state index contributed by atoms with van der Waals surface area (Å²) in [7, 11) is 1.60. The lowest BCUT2D eigenvalue weighted by molar-refractivity contribution is 0.0777. The van der Waals surface area contributed by atoms with Crippen LogP contribution in [0, 0.1) is 5.82 Å². The summed E-state index contributed by atoms with van der Waals surface area (Å²) in [5.74, 6) is -0.675. The average Bonchev–Trinajstić information content (AvgIpc) is 2.53. The van der Waals surface area contributed by atoms with Crippen molar-refractivity contribution in [2.24, 2.45) is 7.05 Å². The predicted octanol–water partition coefficient (Wildman–Crippen LogP) is 2.27. The minimum absolute atomic E-state index is 0.142. The van der Waals surface area contributed by atoms with Crippen LogP contribution in [0.15, 0.2) is 40.2 Å². The number of pyridine rings is 1. The normalized spacial score (nSPS) is 13.9. The van der Waals surface area contributed by atoms with Crippen molar-refractivity contribution in [1.29, 1.82) is 0 Å². The number of hydrogen-bond donors (Lipinski definition) is 1. The topological polar surface area (TPSA) is 54.3 Å². The number of aromatic nitrogens is 1. The maximum Gasteiger partial charge on any atom is 0.273 e. The minimum atomic E-state index is -0.407. The van der Waals surface area contributed by atoms with Gasteiger partial charge in [0.15, 0.2) is 0 Å². The highest BCUT2D eigenvalue weighted by Crippen LogP contribution is 2.24. The summed E-state index contributed by atoms with van der Waals surface area (Å²) < 4.78 is 15.4. The SMILES string of the molecule is CSc1ccc(NN2CCc3cc(=O)n(C)cc3C2=O)c(F)c1. The van der Waals surface area contributed by atoms with Crippen LogP contribution in [0.3, 0.4) is 0 Å². The molecule has 3 rings (SSSR count). The fourth-order valence-electron chi connectivity index (χ4n) is 2.51. The van der Waals surface area contributed by atoms with Gasteiger partial charge in [-0.05, 0) is 36.4 Å². The van der Waals surface area contributed by atoms with Gasteiger partial charge in [0.2, 0.25) is 0 Å². The number of carbonyl (C=O) groups excluding carboxylic acids is 1. The zero-order chi connectivity index (χ0) is 16.6. The molecule has 0 saturated carbocycles. The molecule has 0 spiro atoms. The first kappa shape index (κ1) is 15.6. The number of nitrogens with zero attached hydrogens (tertiary/aromatic N) is 2. The van der Waals surface area contributed by atoms with Crippen LogP contribution in [0.5, 0.6) is 0 Å². The molecular formula is C16H16FN3O2S. The summed E-state index contributed by atoms with van der Waals surface area (Å²) in [6.45, 7) is 0.378. The van der Waals surface area contributed by atoms with Gasteiger partial charge in [-0.15, -0.1) is 11.8 Å². The highest BCUT2D eigenvalue weighted by atomic mass is 32.2. The van der Waals surface area contributed by atoms with Crippen molar-refractivity contribution in [3.8, 4) is 0 Å². The Morgan fingerprint density at radius 1 is 1.26 bits per heavy atom. The zero-order valence-electron chi connectivity index (χ0n) is 12.8. The van der Waals surface area contributed by atoms with Crippen LogP contribution in [0.1, 0.15) is 15.9 Å². The van der Waals surface area contributed by atoms with E-state index in [9.17, 15) is 14.0 Å². The van der Waals surface area contributed by atoms with E-state index in [-0.39, 0.29) is 17.2 Å². The van der Waals surface area contributed by atoms with Crippen molar-refractivity contribution in [3.05, 3.63) is 57.8 Å². The summed E-state index contributed by atoms with van der Waals surface area (Å²) in [6.07, 6.45) is 3.95. The Balaban J connectivity index is 1.87. The van der Waals surface area contributed by atoms with E-state index in [4.69, 9.17) is 0 Å². The number of anilines is 1. The van der Waals surface area contributed by atoms with E-state index in [1.807, 2.05) is 6.26 Å². The van der Waals surface area contributed by atoms with Crippen molar-refractivity contribution >= 4 is 23.4 Å². The van der Waals surface area contributed by atoms with E-state index < -0.39 is 5.82 Å². The molecule has 0 atom stereocenters. The Hall–Kier alpha value is -2.28. The first-order valence-corrected chi connectivity index (χ1v) is 8.33. The van der Waals surface area contributed by atoms with E-state index in [0.29, 0.717) is 18.5 Å². The van der Waals surface area contributed by atoms with Crippen LogP contribution in [0.25, 0.3) is 0 Å². The molecule has 1 aromatic heterocycles. The Kier molecular flexibility index (Phi) is 4.12. The molecule has 0 saturated heterocycles. The molecule has 2 aromatic rings. The predicted molar refractivity (Wildman–Crippen MR) is 88.2 cm³/mol. The van der Waals surface area contributed by atoms with Gasteiger partial charge in [-0.25, -0.2) is 4.39 Å². The minimum Gasteiger partial charge on any atom is -0.318 e. The molecule has 1 aromatic carbocycles. The van der Waals surface area contributed by atoms with E-state index in [0.717, 1.165) is 10.5 Å². The van der Waals surface area contributed by atoms with E-state index in [1.165, 1.54) is 39.7 Å². The Morgan fingerprint density at radius 3 is 2.74 bits per heavy atom. The second kappa shape index (κ2) is 6.08. The largest absolute Gasteiger partial charge is 0.318 e. The number of amides is 1. The third-order valence-electron chi connectivity index (χ3n) is 3.83. The van der Waals surface area contributed by atoms with Gasteiger partial charge in [0.1, 0.15) is 5.82 Å².